The van der Waals surface area contributed by atoms with E-state index in [1.54, 1.807) is 6.07 Å². The fraction of sp³-hybridized carbons (Fsp3) is 0.250. The standard InChI is InChI=1S/C8H10N2O/c1-3-7(10-9)8-5-4-6(2)11-8/h1,4-5,7,10H,9H2,2H3. The predicted octanol–water partition coefficient (Wildman–Crippen LogP) is 0.726. The molecule has 0 aromatic carbocycles. The van der Waals surface area contributed by atoms with Crippen molar-refractivity contribution < 1.29 is 4.42 Å². The molecule has 1 atom stereocenters. The van der Waals surface area contributed by atoms with Gasteiger partial charge < -0.3 is 4.42 Å². The van der Waals surface area contributed by atoms with E-state index in [0.29, 0.717) is 5.76 Å². The van der Waals surface area contributed by atoms with Crippen LogP contribution in [0.5, 0.6) is 0 Å². The van der Waals surface area contributed by atoms with Gasteiger partial charge in [-0.15, -0.1) is 6.42 Å². The van der Waals surface area contributed by atoms with Gasteiger partial charge in [0.05, 0.1) is 0 Å². The zero-order valence-corrected chi connectivity index (χ0v) is 6.29. The smallest absolute Gasteiger partial charge is 0.139 e. The Morgan fingerprint density at radius 3 is 2.82 bits per heavy atom. The lowest BCUT2D eigenvalue weighted by Crippen LogP contribution is -2.26. The van der Waals surface area contributed by atoms with Gasteiger partial charge in [-0.05, 0) is 19.1 Å². The molecule has 58 valence electrons. The third kappa shape index (κ3) is 1.61. The first-order chi connectivity index (χ1) is 5.27. The van der Waals surface area contributed by atoms with Crippen molar-refractivity contribution in [1.29, 1.82) is 0 Å². The zero-order valence-electron chi connectivity index (χ0n) is 6.29. The van der Waals surface area contributed by atoms with E-state index < -0.39 is 0 Å². The fourth-order valence-corrected chi connectivity index (χ4v) is 0.821. The van der Waals surface area contributed by atoms with Crippen LogP contribution in [0.15, 0.2) is 16.5 Å². The minimum atomic E-state index is -0.330. The molecule has 3 nitrogen and oxygen atoms in total. The lowest BCUT2D eigenvalue weighted by atomic mass is 10.2. The minimum absolute atomic E-state index is 0.330. The third-order valence-electron chi connectivity index (χ3n) is 1.38. The Labute approximate surface area is 65.5 Å². The monoisotopic (exact) mass is 150 g/mol. The molecule has 0 aliphatic rings. The molecule has 3 heteroatoms. The van der Waals surface area contributed by atoms with Crippen LogP contribution in [0.25, 0.3) is 0 Å². The summed E-state index contributed by atoms with van der Waals surface area (Å²) in [5.41, 5.74) is 2.45. The van der Waals surface area contributed by atoms with E-state index in [2.05, 4.69) is 11.3 Å². The summed E-state index contributed by atoms with van der Waals surface area (Å²) in [6, 6.07) is 3.32. The second-order valence-electron chi connectivity index (χ2n) is 2.21. The lowest BCUT2D eigenvalue weighted by Gasteiger charge is -2.03. The van der Waals surface area contributed by atoms with Gasteiger partial charge in [0, 0.05) is 0 Å². The van der Waals surface area contributed by atoms with E-state index in [-0.39, 0.29) is 6.04 Å². The van der Waals surface area contributed by atoms with E-state index in [1.165, 1.54) is 0 Å². The summed E-state index contributed by atoms with van der Waals surface area (Å²) >= 11 is 0. The van der Waals surface area contributed by atoms with Crippen LogP contribution in [0.1, 0.15) is 17.6 Å². The number of furan rings is 1. The highest BCUT2D eigenvalue weighted by molar-refractivity contribution is 5.17. The summed E-state index contributed by atoms with van der Waals surface area (Å²) in [5.74, 6) is 9.13. The molecule has 0 saturated carbocycles. The van der Waals surface area contributed by atoms with E-state index in [9.17, 15) is 0 Å². The summed E-state index contributed by atoms with van der Waals surface area (Å²) in [4.78, 5) is 0. The van der Waals surface area contributed by atoms with Crippen molar-refractivity contribution in [3.8, 4) is 12.3 Å². The lowest BCUT2D eigenvalue weighted by molar-refractivity contribution is 0.446. The maximum absolute atomic E-state index is 5.24. The van der Waals surface area contributed by atoms with Gasteiger partial charge in [0.1, 0.15) is 17.6 Å². The number of hydrogen-bond acceptors (Lipinski definition) is 3. The first kappa shape index (κ1) is 7.86. The molecule has 0 saturated heterocycles. The minimum Gasteiger partial charge on any atom is -0.464 e. The van der Waals surface area contributed by atoms with E-state index >= 15 is 0 Å². The fourth-order valence-electron chi connectivity index (χ4n) is 0.821. The molecule has 1 rings (SSSR count). The molecule has 0 amide bonds. The number of nitrogens with one attached hydrogen (secondary N) is 1. The van der Waals surface area contributed by atoms with Gasteiger partial charge >= 0.3 is 0 Å². The van der Waals surface area contributed by atoms with Crippen LogP contribution < -0.4 is 11.3 Å². The highest BCUT2D eigenvalue weighted by Gasteiger charge is 2.08. The van der Waals surface area contributed by atoms with Crippen LogP contribution in [-0.4, -0.2) is 0 Å². The van der Waals surface area contributed by atoms with Gasteiger partial charge in [-0.1, -0.05) is 5.92 Å². The van der Waals surface area contributed by atoms with Crippen LogP contribution in [0, 0.1) is 19.3 Å². The average molecular weight is 150 g/mol. The topological polar surface area (TPSA) is 51.2 Å². The Hall–Kier alpha value is -1.24. The van der Waals surface area contributed by atoms with Crippen molar-refractivity contribution in [1.82, 2.24) is 5.43 Å². The molecule has 1 aromatic rings. The quantitative estimate of drug-likeness (QED) is 0.371. The Morgan fingerprint density at radius 2 is 2.45 bits per heavy atom. The Morgan fingerprint density at radius 1 is 1.73 bits per heavy atom. The van der Waals surface area contributed by atoms with Crippen molar-refractivity contribution in [3.63, 3.8) is 0 Å². The highest BCUT2D eigenvalue weighted by Crippen LogP contribution is 2.13. The van der Waals surface area contributed by atoms with Crippen molar-refractivity contribution >= 4 is 0 Å². The highest BCUT2D eigenvalue weighted by atomic mass is 16.3. The summed E-state index contributed by atoms with van der Waals surface area (Å²) in [6.45, 7) is 1.85. The molecule has 0 spiro atoms. The van der Waals surface area contributed by atoms with Crippen molar-refractivity contribution in [2.24, 2.45) is 5.84 Å². The predicted molar refractivity (Wildman–Crippen MR) is 42.3 cm³/mol. The number of terminal acetylenes is 1. The second-order valence-corrected chi connectivity index (χ2v) is 2.21. The summed E-state index contributed by atoms with van der Waals surface area (Å²) in [5, 5.41) is 0. The van der Waals surface area contributed by atoms with Crippen molar-refractivity contribution in [2.75, 3.05) is 0 Å². The first-order valence-corrected chi connectivity index (χ1v) is 3.26. The molecule has 1 heterocycles. The molecule has 0 radical (unpaired) electrons. The largest absolute Gasteiger partial charge is 0.464 e. The van der Waals surface area contributed by atoms with E-state index in [1.807, 2.05) is 13.0 Å². The van der Waals surface area contributed by atoms with Crippen LogP contribution in [0.4, 0.5) is 0 Å². The van der Waals surface area contributed by atoms with Crippen LogP contribution in [-0.2, 0) is 0 Å². The Kier molecular flexibility index (Phi) is 2.32. The SMILES string of the molecule is C#CC(NN)c1ccc(C)o1. The van der Waals surface area contributed by atoms with E-state index in [0.717, 1.165) is 5.76 Å². The molecule has 11 heavy (non-hydrogen) atoms. The van der Waals surface area contributed by atoms with Gasteiger partial charge in [-0.25, -0.2) is 5.43 Å². The number of aryl methyl sites for hydroxylation is 1. The number of rotatable bonds is 2. The molecule has 0 aliphatic carbocycles. The first-order valence-electron chi connectivity index (χ1n) is 3.26. The van der Waals surface area contributed by atoms with E-state index in [4.69, 9.17) is 16.7 Å². The maximum Gasteiger partial charge on any atom is 0.139 e. The van der Waals surface area contributed by atoms with Crippen LogP contribution in [0.2, 0.25) is 0 Å². The average Bonchev–Trinajstić information content (AvgIpc) is 2.39. The summed E-state index contributed by atoms with van der Waals surface area (Å²) in [7, 11) is 0. The molecule has 1 unspecified atom stereocenters. The molecule has 0 fully saturated rings. The van der Waals surface area contributed by atoms with Gasteiger partial charge in [0.15, 0.2) is 0 Å². The van der Waals surface area contributed by atoms with Crippen molar-refractivity contribution in [3.05, 3.63) is 23.7 Å². The van der Waals surface area contributed by atoms with Gasteiger partial charge in [-0.3, -0.25) is 5.84 Å². The third-order valence-corrected chi connectivity index (χ3v) is 1.38. The molecular formula is C8H10N2O. The molecule has 0 aliphatic heterocycles. The second kappa shape index (κ2) is 3.24. The Balaban J connectivity index is 2.84. The number of nitrogens with two attached hydrogens (primary N) is 1. The zero-order chi connectivity index (χ0) is 8.27. The molecule has 1 aromatic heterocycles. The number of hydrazine groups is 1. The summed E-state index contributed by atoms with van der Waals surface area (Å²) in [6.07, 6.45) is 5.17. The number of hydrogen-bond donors (Lipinski definition) is 2. The van der Waals surface area contributed by atoms with Crippen molar-refractivity contribution in [2.45, 2.75) is 13.0 Å². The summed E-state index contributed by atoms with van der Waals surface area (Å²) < 4.78 is 5.24. The maximum atomic E-state index is 5.24. The molecule has 3 N–H and O–H groups in total. The van der Waals surface area contributed by atoms with Gasteiger partial charge in [0.25, 0.3) is 0 Å². The molecule has 0 bridgehead atoms. The molecular weight excluding hydrogens is 140 g/mol. The van der Waals surface area contributed by atoms with Crippen LogP contribution >= 0.6 is 0 Å². The van der Waals surface area contributed by atoms with Gasteiger partial charge in [-0.2, -0.15) is 0 Å². The normalized spacial score (nSPS) is 12.5. The Bertz CT molecular complexity index is 272. The van der Waals surface area contributed by atoms with Crippen LogP contribution in [0.3, 0.4) is 0 Å². The van der Waals surface area contributed by atoms with Gasteiger partial charge in [0.2, 0.25) is 0 Å².